The van der Waals surface area contributed by atoms with Crippen molar-refractivity contribution < 1.29 is 14.7 Å². The Morgan fingerprint density at radius 2 is 2.00 bits per heavy atom. The van der Waals surface area contributed by atoms with Crippen molar-refractivity contribution in [2.75, 3.05) is 0 Å². The molecule has 4 heteroatoms. The van der Waals surface area contributed by atoms with Crippen molar-refractivity contribution in [3.8, 4) is 0 Å². The Hall–Kier alpha value is -0.450. The molecule has 4 nitrogen and oxygen atoms in total. The van der Waals surface area contributed by atoms with Crippen LogP contribution in [0.25, 0.3) is 0 Å². The molecule has 0 aliphatic carbocycles. The summed E-state index contributed by atoms with van der Waals surface area (Å²) in [5.41, 5.74) is -0.506. The molecule has 5 atom stereocenters. The first-order valence-corrected chi connectivity index (χ1v) is 7.35. The molecule has 1 fully saturated rings. The molecule has 0 aromatic heterocycles. The highest BCUT2D eigenvalue weighted by Gasteiger charge is 2.53. The minimum absolute atomic E-state index is 0.107. The molecular weight excluding hydrogens is 242 g/mol. The number of aliphatic hydroxyl groups is 1. The third-order valence-electron chi connectivity index (χ3n) is 5.10. The monoisotopic (exact) mass is 271 g/mol. The number of aliphatic hydroxyl groups excluding tert-OH is 1. The van der Waals surface area contributed by atoms with Gasteiger partial charge in [-0.05, 0) is 40.0 Å². The maximum absolute atomic E-state index is 10.9. The zero-order valence-corrected chi connectivity index (χ0v) is 13.1. The van der Waals surface area contributed by atoms with Crippen LogP contribution in [0.15, 0.2) is 0 Å². The second-order valence-corrected chi connectivity index (χ2v) is 6.36. The van der Waals surface area contributed by atoms with Gasteiger partial charge in [0, 0.05) is 17.0 Å². The summed E-state index contributed by atoms with van der Waals surface area (Å²) < 4.78 is 0. The predicted octanol–water partition coefficient (Wildman–Crippen LogP) is 2.55. The van der Waals surface area contributed by atoms with Crippen LogP contribution in [0.5, 0.6) is 0 Å². The fraction of sp³-hybridized carbons (Fsp3) is 0.933. The van der Waals surface area contributed by atoms with Crippen molar-refractivity contribution in [1.29, 1.82) is 0 Å². The van der Waals surface area contributed by atoms with Gasteiger partial charge >= 0.3 is 0 Å². The highest BCUT2D eigenvalue weighted by molar-refractivity contribution is 5.55. The van der Waals surface area contributed by atoms with Gasteiger partial charge in [-0.2, -0.15) is 5.06 Å². The van der Waals surface area contributed by atoms with E-state index < -0.39 is 6.10 Å². The van der Waals surface area contributed by atoms with Crippen LogP contribution in [-0.2, 0) is 9.63 Å². The highest BCUT2D eigenvalue weighted by atomic mass is 16.7. The van der Waals surface area contributed by atoms with Crippen molar-refractivity contribution in [1.82, 2.24) is 5.06 Å². The Bertz CT molecular complexity index is 323. The Morgan fingerprint density at radius 1 is 1.42 bits per heavy atom. The standard InChI is InChI=1S/C15H29NO3/c1-7-14(5)9-13(18)12(4)15(6,8-2)16(14)19-11(3)10-17/h10-13,18H,7-9H2,1-6H3. The number of hydroxylamine groups is 2. The van der Waals surface area contributed by atoms with Crippen LogP contribution in [-0.4, -0.2) is 39.7 Å². The second kappa shape index (κ2) is 5.90. The van der Waals surface area contributed by atoms with Crippen LogP contribution in [0.4, 0.5) is 0 Å². The number of rotatable bonds is 5. The van der Waals surface area contributed by atoms with E-state index in [9.17, 15) is 9.90 Å². The number of hydrogen-bond donors (Lipinski definition) is 1. The number of hydrogen-bond acceptors (Lipinski definition) is 4. The lowest BCUT2D eigenvalue weighted by Crippen LogP contribution is -2.68. The molecule has 0 aromatic carbocycles. The minimum atomic E-state index is -0.459. The quantitative estimate of drug-likeness (QED) is 0.781. The van der Waals surface area contributed by atoms with E-state index in [2.05, 4.69) is 34.6 Å². The van der Waals surface area contributed by atoms with Crippen molar-refractivity contribution in [2.45, 2.75) is 84.1 Å². The average Bonchev–Trinajstić information content (AvgIpc) is 2.41. The second-order valence-electron chi connectivity index (χ2n) is 6.36. The van der Waals surface area contributed by atoms with Crippen LogP contribution < -0.4 is 0 Å². The molecule has 1 N–H and O–H groups in total. The first-order valence-electron chi connectivity index (χ1n) is 7.35. The summed E-state index contributed by atoms with van der Waals surface area (Å²) in [4.78, 5) is 16.8. The molecule has 0 aromatic rings. The van der Waals surface area contributed by atoms with Gasteiger partial charge in [0.2, 0.25) is 0 Å². The normalized spacial score (nSPS) is 42.1. The molecule has 0 bridgehead atoms. The van der Waals surface area contributed by atoms with Crippen LogP contribution in [0.3, 0.4) is 0 Å². The third kappa shape index (κ3) is 2.86. The van der Waals surface area contributed by atoms with E-state index in [1.54, 1.807) is 6.92 Å². The predicted molar refractivity (Wildman–Crippen MR) is 75.6 cm³/mol. The highest BCUT2D eigenvalue weighted by Crippen LogP contribution is 2.45. The van der Waals surface area contributed by atoms with E-state index in [1.807, 2.05) is 5.06 Å². The molecule has 5 unspecified atom stereocenters. The molecule has 1 aliphatic heterocycles. The van der Waals surface area contributed by atoms with Gasteiger partial charge in [-0.15, -0.1) is 0 Å². The molecular formula is C15H29NO3. The van der Waals surface area contributed by atoms with Crippen LogP contribution in [0.1, 0.15) is 60.8 Å². The largest absolute Gasteiger partial charge is 0.393 e. The summed E-state index contributed by atoms with van der Waals surface area (Å²) in [6.45, 7) is 12.2. The molecule has 0 spiro atoms. The van der Waals surface area contributed by atoms with Crippen LogP contribution >= 0.6 is 0 Å². The van der Waals surface area contributed by atoms with Gasteiger partial charge in [-0.3, -0.25) is 4.84 Å². The molecule has 1 saturated heterocycles. The number of carbonyl (C=O) groups is 1. The maximum Gasteiger partial charge on any atom is 0.150 e. The van der Waals surface area contributed by atoms with E-state index >= 15 is 0 Å². The van der Waals surface area contributed by atoms with Gasteiger partial charge in [0.05, 0.1) is 6.10 Å². The Labute approximate surface area is 117 Å². The first kappa shape index (κ1) is 16.6. The van der Waals surface area contributed by atoms with Gasteiger partial charge in [-0.25, -0.2) is 0 Å². The van der Waals surface area contributed by atoms with Gasteiger partial charge < -0.3 is 9.90 Å². The molecule has 0 amide bonds. The fourth-order valence-electron chi connectivity index (χ4n) is 3.12. The summed E-state index contributed by atoms with van der Waals surface area (Å²) in [5, 5.41) is 12.4. The van der Waals surface area contributed by atoms with Gasteiger partial charge in [0.1, 0.15) is 6.10 Å². The van der Waals surface area contributed by atoms with Crippen LogP contribution in [0, 0.1) is 5.92 Å². The smallest absolute Gasteiger partial charge is 0.150 e. The summed E-state index contributed by atoms with van der Waals surface area (Å²) in [6, 6.07) is 0. The van der Waals surface area contributed by atoms with E-state index in [4.69, 9.17) is 4.84 Å². The lowest BCUT2D eigenvalue weighted by molar-refractivity contribution is -0.327. The molecule has 0 saturated carbocycles. The molecule has 0 radical (unpaired) electrons. The lowest BCUT2D eigenvalue weighted by atomic mass is 9.69. The zero-order valence-electron chi connectivity index (χ0n) is 13.1. The number of aldehydes is 1. The summed E-state index contributed by atoms with van der Waals surface area (Å²) >= 11 is 0. The summed E-state index contributed by atoms with van der Waals surface area (Å²) in [6.07, 6.45) is 2.44. The molecule has 19 heavy (non-hydrogen) atoms. The SMILES string of the molecule is CCC1(C)CC(O)C(C)C(C)(CC)N1OC(C)C=O. The molecule has 1 aliphatic rings. The van der Waals surface area contributed by atoms with Crippen molar-refractivity contribution in [2.24, 2.45) is 5.92 Å². The van der Waals surface area contributed by atoms with Gasteiger partial charge in [-0.1, -0.05) is 20.8 Å². The fourth-order valence-corrected chi connectivity index (χ4v) is 3.12. The summed E-state index contributed by atoms with van der Waals surface area (Å²) in [5.74, 6) is 0.107. The maximum atomic E-state index is 10.9. The molecule has 1 rings (SSSR count). The first-order chi connectivity index (χ1) is 8.75. The Kier molecular flexibility index (Phi) is 5.15. The van der Waals surface area contributed by atoms with Crippen molar-refractivity contribution >= 4 is 6.29 Å². The van der Waals surface area contributed by atoms with E-state index in [-0.39, 0.29) is 23.1 Å². The Morgan fingerprint density at radius 3 is 2.42 bits per heavy atom. The average molecular weight is 271 g/mol. The number of nitrogens with zero attached hydrogens (tertiary/aromatic N) is 1. The van der Waals surface area contributed by atoms with Gasteiger partial charge in [0.15, 0.2) is 6.29 Å². The van der Waals surface area contributed by atoms with E-state index in [1.165, 1.54) is 0 Å². The van der Waals surface area contributed by atoms with Crippen LogP contribution in [0.2, 0.25) is 0 Å². The lowest BCUT2D eigenvalue weighted by Gasteiger charge is -2.58. The number of carbonyl (C=O) groups excluding carboxylic acids is 1. The van der Waals surface area contributed by atoms with Crippen molar-refractivity contribution in [3.05, 3.63) is 0 Å². The molecule has 112 valence electrons. The van der Waals surface area contributed by atoms with Crippen molar-refractivity contribution in [3.63, 3.8) is 0 Å². The molecule has 1 heterocycles. The number of piperidine rings is 1. The topological polar surface area (TPSA) is 49.8 Å². The summed E-state index contributed by atoms with van der Waals surface area (Å²) in [7, 11) is 0. The minimum Gasteiger partial charge on any atom is -0.393 e. The van der Waals surface area contributed by atoms with E-state index in [0.717, 1.165) is 19.1 Å². The zero-order chi connectivity index (χ0) is 14.8. The van der Waals surface area contributed by atoms with E-state index in [0.29, 0.717) is 6.42 Å². The third-order valence-corrected chi connectivity index (χ3v) is 5.10. The van der Waals surface area contributed by atoms with Gasteiger partial charge in [0.25, 0.3) is 0 Å². The Balaban J connectivity index is 3.16.